The summed E-state index contributed by atoms with van der Waals surface area (Å²) in [7, 11) is 1.51. The van der Waals surface area contributed by atoms with Crippen LogP contribution in [0.1, 0.15) is 36.2 Å². The predicted molar refractivity (Wildman–Crippen MR) is 125 cm³/mol. The Morgan fingerprint density at radius 1 is 1.28 bits per heavy atom. The lowest BCUT2D eigenvalue weighted by molar-refractivity contribution is -0.138. The van der Waals surface area contributed by atoms with E-state index in [-0.39, 0.29) is 25.8 Å². The lowest BCUT2D eigenvalue weighted by Crippen LogP contribution is -2.34. The van der Waals surface area contributed by atoms with Crippen molar-refractivity contribution in [3.8, 4) is 5.75 Å². The van der Waals surface area contributed by atoms with Gasteiger partial charge >= 0.3 is 6.18 Å². The number of rotatable bonds is 10. The van der Waals surface area contributed by atoms with Crippen LogP contribution in [-0.4, -0.2) is 57.6 Å². The molecule has 0 radical (unpaired) electrons. The highest BCUT2D eigenvalue weighted by molar-refractivity contribution is 5.50. The molecule has 1 saturated heterocycles. The maximum Gasteiger partial charge on any atom is 0.423 e. The summed E-state index contributed by atoms with van der Waals surface area (Å²) in [6.07, 6.45) is -1.06. The number of hydrogen-bond donors (Lipinski definition) is 2. The van der Waals surface area contributed by atoms with E-state index < -0.39 is 29.0 Å². The van der Waals surface area contributed by atoms with E-state index in [9.17, 15) is 18.0 Å². The summed E-state index contributed by atoms with van der Waals surface area (Å²) in [5.74, 6) is 0.599. The standard InChI is InChI=1S/C23H28F3N7O3/c1-15(13-36-14-17-12-32(31-30-17)18-7-8-27-9-18)29-20-10-28-33(22(34)21(20)23(24,25)26)11-16-3-5-19(35-2)6-4-16/h3-6,10,12,15,18,27,29H,7-9,11,13-14H2,1-2H3. The molecule has 0 bridgehead atoms. The lowest BCUT2D eigenvalue weighted by Gasteiger charge is -2.19. The van der Waals surface area contributed by atoms with Gasteiger partial charge in [-0.15, -0.1) is 5.10 Å². The normalized spacial score (nSPS) is 16.8. The van der Waals surface area contributed by atoms with Gasteiger partial charge in [0.05, 0.1) is 51.0 Å². The average Bonchev–Trinajstić information content (AvgIpc) is 3.53. The number of halogens is 3. The Morgan fingerprint density at radius 2 is 2.06 bits per heavy atom. The van der Waals surface area contributed by atoms with E-state index in [0.717, 1.165) is 30.4 Å². The minimum Gasteiger partial charge on any atom is -0.497 e. The van der Waals surface area contributed by atoms with E-state index in [1.165, 1.54) is 7.11 Å². The first kappa shape index (κ1) is 25.6. The van der Waals surface area contributed by atoms with Gasteiger partial charge in [0.15, 0.2) is 0 Å². The Labute approximate surface area is 205 Å². The highest BCUT2D eigenvalue weighted by atomic mass is 19.4. The van der Waals surface area contributed by atoms with Crippen molar-refractivity contribution in [2.24, 2.45) is 0 Å². The third-order valence-electron chi connectivity index (χ3n) is 5.80. The number of nitrogens with one attached hydrogen (secondary N) is 2. The summed E-state index contributed by atoms with van der Waals surface area (Å²) in [6, 6.07) is 6.37. The number of nitrogens with zero attached hydrogens (tertiary/aromatic N) is 5. The van der Waals surface area contributed by atoms with Crippen molar-refractivity contribution in [1.29, 1.82) is 0 Å². The maximum absolute atomic E-state index is 13.8. The molecular formula is C23H28F3N7O3. The fourth-order valence-electron chi connectivity index (χ4n) is 3.96. The van der Waals surface area contributed by atoms with Gasteiger partial charge in [-0.25, -0.2) is 9.36 Å². The van der Waals surface area contributed by atoms with Crippen molar-refractivity contribution < 1.29 is 22.6 Å². The Kier molecular flexibility index (Phi) is 7.89. The van der Waals surface area contributed by atoms with Crippen molar-refractivity contribution in [3.05, 3.63) is 63.8 Å². The fourth-order valence-corrected chi connectivity index (χ4v) is 3.96. The molecular weight excluding hydrogens is 479 g/mol. The number of aromatic nitrogens is 5. The van der Waals surface area contributed by atoms with Crippen LogP contribution in [0.2, 0.25) is 0 Å². The fraction of sp³-hybridized carbons (Fsp3) is 0.478. The molecule has 36 heavy (non-hydrogen) atoms. The van der Waals surface area contributed by atoms with Crippen LogP contribution in [0.4, 0.5) is 18.9 Å². The Hall–Kier alpha value is -3.45. The molecule has 1 aromatic carbocycles. The minimum absolute atomic E-state index is 0.0874. The second-order valence-corrected chi connectivity index (χ2v) is 8.64. The SMILES string of the molecule is COc1ccc(Cn2ncc(NC(C)COCc3cn(C4CCNC4)nn3)c(C(F)(F)F)c2=O)cc1. The molecule has 3 aromatic rings. The third kappa shape index (κ3) is 6.21. The van der Waals surface area contributed by atoms with Crippen molar-refractivity contribution in [2.75, 3.05) is 32.1 Å². The predicted octanol–water partition coefficient (Wildman–Crippen LogP) is 2.46. The van der Waals surface area contributed by atoms with E-state index >= 15 is 0 Å². The lowest BCUT2D eigenvalue weighted by atomic mass is 10.2. The largest absolute Gasteiger partial charge is 0.497 e. The molecule has 2 N–H and O–H groups in total. The number of ether oxygens (including phenoxy) is 2. The van der Waals surface area contributed by atoms with Gasteiger partial charge in [-0.3, -0.25) is 4.79 Å². The first-order valence-electron chi connectivity index (χ1n) is 11.5. The van der Waals surface area contributed by atoms with Crippen LogP contribution in [0.15, 0.2) is 41.5 Å². The summed E-state index contributed by atoms with van der Waals surface area (Å²) < 4.78 is 54.8. The third-order valence-corrected chi connectivity index (χ3v) is 5.80. The van der Waals surface area contributed by atoms with Crippen LogP contribution in [0.3, 0.4) is 0 Å². The molecule has 0 aliphatic carbocycles. The van der Waals surface area contributed by atoms with Gasteiger partial charge in [-0.1, -0.05) is 17.3 Å². The summed E-state index contributed by atoms with van der Waals surface area (Å²) in [6.45, 7) is 3.57. The molecule has 10 nitrogen and oxygen atoms in total. The van der Waals surface area contributed by atoms with Crippen LogP contribution in [0.5, 0.6) is 5.75 Å². The van der Waals surface area contributed by atoms with Crippen molar-refractivity contribution >= 4 is 5.69 Å². The summed E-state index contributed by atoms with van der Waals surface area (Å²) >= 11 is 0. The van der Waals surface area contributed by atoms with Crippen molar-refractivity contribution in [3.63, 3.8) is 0 Å². The van der Waals surface area contributed by atoms with Crippen molar-refractivity contribution in [1.82, 2.24) is 30.1 Å². The van der Waals surface area contributed by atoms with Crippen molar-refractivity contribution in [2.45, 2.75) is 44.8 Å². The molecule has 4 rings (SSSR count). The number of benzene rings is 1. The zero-order valence-corrected chi connectivity index (χ0v) is 20.0. The highest BCUT2D eigenvalue weighted by Gasteiger charge is 2.38. The molecule has 3 heterocycles. The molecule has 1 aliphatic heterocycles. The van der Waals surface area contributed by atoms with E-state index in [2.05, 4.69) is 26.0 Å². The van der Waals surface area contributed by atoms with E-state index in [0.29, 0.717) is 17.0 Å². The van der Waals surface area contributed by atoms with Crippen LogP contribution >= 0.6 is 0 Å². The van der Waals surface area contributed by atoms with E-state index in [4.69, 9.17) is 9.47 Å². The van der Waals surface area contributed by atoms with Gasteiger partial charge in [-0.05, 0) is 37.6 Å². The average molecular weight is 508 g/mol. The first-order valence-corrected chi connectivity index (χ1v) is 11.5. The van der Waals surface area contributed by atoms with Crippen LogP contribution in [0.25, 0.3) is 0 Å². The highest BCUT2D eigenvalue weighted by Crippen LogP contribution is 2.32. The van der Waals surface area contributed by atoms with Gasteiger partial charge in [0.25, 0.3) is 5.56 Å². The number of hydrogen-bond acceptors (Lipinski definition) is 8. The Balaban J connectivity index is 1.39. The zero-order valence-electron chi connectivity index (χ0n) is 20.0. The number of alkyl halides is 3. The molecule has 2 aromatic heterocycles. The van der Waals surface area contributed by atoms with E-state index in [1.807, 2.05) is 6.20 Å². The van der Waals surface area contributed by atoms with Gasteiger partial charge in [0.1, 0.15) is 17.0 Å². The van der Waals surface area contributed by atoms with Gasteiger partial charge < -0.3 is 20.1 Å². The molecule has 2 unspecified atom stereocenters. The van der Waals surface area contributed by atoms with Crippen LogP contribution in [-0.2, 0) is 24.1 Å². The van der Waals surface area contributed by atoms with Gasteiger partial charge in [0.2, 0.25) is 0 Å². The minimum atomic E-state index is -4.86. The summed E-state index contributed by atoms with van der Waals surface area (Å²) in [4.78, 5) is 12.7. The second-order valence-electron chi connectivity index (χ2n) is 8.64. The van der Waals surface area contributed by atoms with Crippen LogP contribution in [0, 0.1) is 0 Å². The first-order chi connectivity index (χ1) is 17.2. The molecule has 1 aliphatic rings. The summed E-state index contributed by atoms with van der Waals surface area (Å²) in [5, 5.41) is 18.1. The van der Waals surface area contributed by atoms with Gasteiger partial charge in [-0.2, -0.15) is 18.3 Å². The quantitative estimate of drug-likeness (QED) is 0.431. The van der Waals surface area contributed by atoms with E-state index in [1.54, 1.807) is 35.9 Å². The Morgan fingerprint density at radius 3 is 2.72 bits per heavy atom. The number of anilines is 1. The molecule has 13 heteroatoms. The molecule has 0 amide bonds. The number of methoxy groups -OCH3 is 1. The van der Waals surface area contributed by atoms with Crippen LogP contribution < -0.4 is 20.9 Å². The smallest absolute Gasteiger partial charge is 0.423 e. The zero-order chi connectivity index (χ0) is 25.7. The maximum atomic E-state index is 13.8. The summed E-state index contributed by atoms with van der Waals surface area (Å²) in [5.41, 5.74) is -1.68. The molecule has 2 atom stereocenters. The molecule has 194 valence electrons. The molecule has 0 spiro atoms. The Bertz CT molecular complexity index is 1200. The monoisotopic (exact) mass is 507 g/mol. The molecule has 0 saturated carbocycles. The molecule has 1 fully saturated rings. The van der Waals surface area contributed by atoms with Gasteiger partial charge in [0, 0.05) is 12.6 Å². The topological polar surface area (TPSA) is 108 Å². The second kappa shape index (κ2) is 11.1.